The van der Waals surface area contributed by atoms with Crippen molar-refractivity contribution in [3.05, 3.63) is 69.8 Å². The van der Waals surface area contributed by atoms with Gasteiger partial charge in [-0.1, -0.05) is 47.5 Å². The van der Waals surface area contributed by atoms with Crippen LogP contribution in [0.3, 0.4) is 0 Å². The molecule has 0 saturated heterocycles. The Hall–Kier alpha value is -2.39. The third-order valence-electron chi connectivity index (χ3n) is 4.06. The standard InChI is InChI=1S/C19H17Cl2N3O4S/c1-29(26,27)28-11-10-14-17(19(22)25)23-24(16-5-3-2-4-15(16)21)18(14)12-6-8-13(20)9-7-12/h2-9H,10-11H2,1H3,(H2,22,25). The summed E-state index contributed by atoms with van der Waals surface area (Å²) in [5.74, 6) is -0.750. The maximum absolute atomic E-state index is 12.1. The zero-order valence-corrected chi connectivity index (χ0v) is 17.6. The second-order valence-corrected chi connectivity index (χ2v) is 8.67. The monoisotopic (exact) mass is 453 g/mol. The molecule has 0 saturated carbocycles. The van der Waals surface area contributed by atoms with Gasteiger partial charge in [0.25, 0.3) is 16.0 Å². The molecule has 2 aromatic carbocycles. The van der Waals surface area contributed by atoms with Crippen LogP contribution in [0.1, 0.15) is 16.1 Å². The summed E-state index contributed by atoms with van der Waals surface area (Å²) in [7, 11) is -3.64. The van der Waals surface area contributed by atoms with Crippen molar-refractivity contribution in [3.8, 4) is 16.9 Å². The number of amides is 1. The normalized spacial score (nSPS) is 11.6. The van der Waals surface area contributed by atoms with Gasteiger partial charge < -0.3 is 5.73 Å². The van der Waals surface area contributed by atoms with Crippen LogP contribution in [-0.2, 0) is 20.7 Å². The van der Waals surface area contributed by atoms with Crippen LogP contribution in [0, 0.1) is 0 Å². The summed E-state index contributed by atoms with van der Waals surface area (Å²) >= 11 is 12.4. The lowest BCUT2D eigenvalue weighted by Gasteiger charge is -2.12. The average molecular weight is 454 g/mol. The predicted octanol–water partition coefficient (Wildman–Crippen LogP) is 3.46. The second-order valence-electron chi connectivity index (χ2n) is 6.19. The fourth-order valence-electron chi connectivity index (χ4n) is 2.88. The van der Waals surface area contributed by atoms with E-state index in [9.17, 15) is 13.2 Å². The molecule has 1 amide bonds. The summed E-state index contributed by atoms with van der Waals surface area (Å²) in [5, 5.41) is 5.33. The lowest BCUT2D eigenvalue weighted by molar-refractivity contribution is 0.0994. The summed E-state index contributed by atoms with van der Waals surface area (Å²) < 4.78 is 29.0. The molecule has 3 aromatic rings. The first-order valence-corrected chi connectivity index (χ1v) is 11.0. The van der Waals surface area contributed by atoms with Crippen molar-refractivity contribution >= 4 is 39.2 Å². The van der Waals surface area contributed by atoms with E-state index in [-0.39, 0.29) is 18.7 Å². The Morgan fingerprint density at radius 3 is 2.38 bits per heavy atom. The number of nitrogens with zero attached hydrogens (tertiary/aromatic N) is 2. The summed E-state index contributed by atoms with van der Waals surface area (Å²) in [5.41, 5.74) is 7.78. The molecule has 0 radical (unpaired) electrons. The summed E-state index contributed by atoms with van der Waals surface area (Å²) in [6.07, 6.45) is 1.04. The minimum Gasteiger partial charge on any atom is -0.364 e. The number of nitrogens with two attached hydrogens (primary N) is 1. The van der Waals surface area contributed by atoms with Gasteiger partial charge in [-0.2, -0.15) is 13.5 Å². The van der Waals surface area contributed by atoms with Crippen molar-refractivity contribution in [2.75, 3.05) is 12.9 Å². The molecular weight excluding hydrogens is 437 g/mol. The van der Waals surface area contributed by atoms with E-state index < -0.39 is 16.0 Å². The van der Waals surface area contributed by atoms with Crippen LogP contribution in [0.25, 0.3) is 16.9 Å². The number of hydrogen-bond acceptors (Lipinski definition) is 5. The molecule has 29 heavy (non-hydrogen) atoms. The van der Waals surface area contributed by atoms with Crippen LogP contribution in [0.4, 0.5) is 0 Å². The minimum atomic E-state index is -3.64. The average Bonchev–Trinajstić information content (AvgIpc) is 3.01. The highest BCUT2D eigenvalue weighted by Gasteiger charge is 2.24. The molecule has 0 fully saturated rings. The lowest BCUT2D eigenvalue weighted by Crippen LogP contribution is -2.15. The highest BCUT2D eigenvalue weighted by molar-refractivity contribution is 7.85. The number of primary amides is 1. The third-order valence-corrected chi connectivity index (χ3v) is 5.23. The van der Waals surface area contributed by atoms with Gasteiger partial charge in [0, 0.05) is 22.6 Å². The third kappa shape index (κ3) is 4.97. The fourth-order valence-corrected chi connectivity index (χ4v) is 3.61. The van der Waals surface area contributed by atoms with Gasteiger partial charge in [-0.3, -0.25) is 8.98 Å². The summed E-state index contributed by atoms with van der Waals surface area (Å²) in [6.45, 7) is -0.173. The number of aromatic nitrogens is 2. The molecule has 1 heterocycles. The van der Waals surface area contributed by atoms with E-state index in [0.717, 1.165) is 6.26 Å². The highest BCUT2D eigenvalue weighted by atomic mass is 35.5. The zero-order valence-electron chi connectivity index (χ0n) is 15.3. The molecule has 0 aliphatic rings. The van der Waals surface area contributed by atoms with E-state index >= 15 is 0 Å². The molecule has 0 spiro atoms. The van der Waals surface area contributed by atoms with E-state index in [1.165, 1.54) is 4.68 Å². The molecule has 0 atom stereocenters. The number of para-hydroxylation sites is 1. The number of rotatable bonds is 7. The maximum atomic E-state index is 12.1. The number of benzene rings is 2. The molecule has 10 heteroatoms. The fraction of sp³-hybridized carbons (Fsp3) is 0.158. The van der Waals surface area contributed by atoms with Crippen molar-refractivity contribution in [1.82, 2.24) is 9.78 Å². The first kappa shape index (κ1) is 21.3. The molecule has 152 valence electrons. The van der Waals surface area contributed by atoms with Crippen LogP contribution < -0.4 is 5.73 Å². The predicted molar refractivity (Wildman–Crippen MR) is 112 cm³/mol. The number of hydrogen-bond donors (Lipinski definition) is 1. The molecule has 2 N–H and O–H groups in total. The van der Waals surface area contributed by atoms with E-state index in [1.807, 2.05) is 0 Å². The van der Waals surface area contributed by atoms with Crippen LogP contribution >= 0.6 is 23.2 Å². The highest BCUT2D eigenvalue weighted by Crippen LogP contribution is 2.33. The molecule has 0 unspecified atom stereocenters. The van der Waals surface area contributed by atoms with Crippen LogP contribution in [0.5, 0.6) is 0 Å². The van der Waals surface area contributed by atoms with Gasteiger partial charge in [0.2, 0.25) is 0 Å². The largest absolute Gasteiger partial charge is 0.364 e. The van der Waals surface area contributed by atoms with Gasteiger partial charge in [0.1, 0.15) is 0 Å². The minimum absolute atomic E-state index is 0.00645. The molecular formula is C19H17Cl2N3O4S. The SMILES string of the molecule is CS(=O)(=O)OCCc1c(C(N)=O)nn(-c2ccccc2Cl)c1-c1ccc(Cl)cc1. The first-order valence-electron chi connectivity index (χ1n) is 8.44. The molecule has 0 aliphatic carbocycles. The Bertz CT molecular complexity index is 1160. The lowest BCUT2D eigenvalue weighted by atomic mass is 10.0. The Kier molecular flexibility index (Phi) is 6.28. The van der Waals surface area contributed by atoms with Crippen molar-refractivity contribution in [2.45, 2.75) is 6.42 Å². The Balaban J connectivity index is 2.22. The van der Waals surface area contributed by atoms with E-state index in [1.54, 1.807) is 48.5 Å². The smallest absolute Gasteiger partial charge is 0.269 e. The van der Waals surface area contributed by atoms with Crippen LogP contribution in [0.2, 0.25) is 10.0 Å². The Labute approximate surface area is 178 Å². The first-order chi connectivity index (χ1) is 13.7. The molecule has 7 nitrogen and oxygen atoms in total. The summed E-state index contributed by atoms with van der Waals surface area (Å²) in [4.78, 5) is 12.1. The van der Waals surface area contributed by atoms with Gasteiger partial charge in [-0.25, -0.2) is 4.68 Å². The van der Waals surface area contributed by atoms with Gasteiger partial charge >= 0.3 is 0 Å². The van der Waals surface area contributed by atoms with Crippen molar-refractivity contribution in [2.24, 2.45) is 5.73 Å². The van der Waals surface area contributed by atoms with Crippen molar-refractivity contribution < 1.29 is 17.4 Å². The van der Waals surface area contributed by atoms with Gasteiger partial charge in [0.15, 0.2) is 5.69 Å². The van der Waals surface area contributed by atoms with Gasteiger partial charge in [-0.05, 0) is 24.3 Å². The van der Waals surface area contributed by atoms with Crippen molar-refractivity contribution in [3.63, 3.8) is 0 Å². The van der Waals surface area contributed by atoms with E-state index in [0.29, 0.717) is 32.6 Å². The quantitative estimate of drug-likeness (QED) is 0.551. The van der Waals surface area contributed by atoms with E-state index in [4.69, 9.17) is 33.1 Å². The van der Waals surface area contributed by atoms with E-state index in [2.05, 4.69) is 5.10 Å². The molecule has 1 aromatic heterocycles. The van der Waals surface area contributed by atoms with Gasteiger partial charge in [0.05, 0.1) is 29.3 Å². The number of halogens is 2. The zero-order chi connectivity index (χ0) is 21.2. The topological polar surface area (TPSA) is 104 Å². The molecule has 0 aliphatic heterocycles. The van der Waals surface area contributed by atoms with Crippen LogP contribution in [0.15, 0.2) is 48.5 Å². The Morgan fingerprint density at radius 2 is 1.79 bits per heavy atom. The van der Waals surface area contributed by atoms with Gasteiger partial charge in [-0.15, -0.1) is 0 Å². The van der Waals surface area contributed by atoms with Crippen molar-refractivity contribution in [1.29, 1.82) is 0 Å². The number of carbonyl (C=O) groups excluding carboxylic acids is 1. The van der Waals surface area contributed by atoms with Crippen LogP contribution in [-0.4, -0.2) is 37.0 Å². The number of carbonyl (C=O) groups is 1. The maximum Gasteiger partial charge on any atom is 0.269 e. The summed E-state index contributed by atoms with van der Waals surface area (Å²) in [6, 6.07) is 13.9. The molecule has 3 rings (SSSR count). The second kappa shape index (κ2) is 8.54. The molecule has 0 bridgehead atoms. The Morgan fingerprint density at radius 1 is 1.14 bits per heavy atom.